The van der Waals surface area contributed by atoms with Gasteiger partial charge in [-0.1, -0.05) is 6.07 Å². The number of hydrogen-bond donors (Lipinski definition) is 1. The van der Waals surface area contributed by atoms with Gasteiger partial charge >= 0.3 is 5.97 Å². The number of aliphatic carboxylic acids is 1. The van der Waals surface area contributed by atoms with E-state index in [2.05, 4.69) is 0 Å². The summed E-state index contributed by atoms with van der Waals surface area (Å²) in [6.45, 7) is 0.774. The largest absolute Gasteiger partial charge is 0.497 e. The quantitative estimate of drug-likeness (QED) is 0.818. The smallest absolute Gasteiger partial charge is 0.325 e. The SMILES string of the molecule is COc1ccc2c(c1)C(C(=O)O)N(C)CC2. The molecule has 0 radical (unpaired) electrons. The lowest BCUT2D eigenvalue weighted by Crippen LogP contribution is -2.36. The van der Waals surface area contributed by atoms with Gasteiger partial charge in [-0.2, -0.15) is 0 Å². The first-order chi connectivity index (χ1) is 7.63. The summed E-state index contributed by atoms with van der Waals surface area (Å²) >= 11 is 0. The summed E-state index contributed by atoms with van der Waals surface area (Å²) in [5.74, 6) is -0.1000. The second-order valence-electron chi connectivity index (χ2n) is 4.04. The molecule has 0 aromatic heterocycles. The highest BCUT2D eigenvalue weighted by Crippen LogP contribution is 2.31. The average molecular weight is 221 g/mol. The van der Waals surface area contributed by atoms with Crippen LogP contribution in [-0.4, -0.2) is 36.7 Å². The molecule has 0 fully saturated rings. The first kappa shape index (κ1) is 11.0. The van der Waals surface area contributed by atoms with Gasteiger partial charge in [0.2, 0.25) is 0 Å². The number of carboxylic acids is 1. The van der Waals surface area contributed by atoms with Gasteiger partial charge in [-0.15, -0.1) is 0 Å². The Kier molecular flexibility index (Phi) is 2.83. The van der Waals surface area contributed by atoms with Crippen LogP contribution in [0.2, 0.25) is 0 Å². The molecular weight excluding hydrogens is 206 g/mol. The van der Waals surface area contributed by atoms with E-state index in [-0.39, 0.29) is 0 Å². The molecule has 0 saturated carbocycles. The molecule has 0 amide bonds. The number of benzene rings is 1. The molecule has 0 spiro atoms. The topological polar surface area (TPSA) is 49.8 Å². The molecule has 0 bridgehead atoms. The van der Waals surface area contributed by atoms with Gasteiger partial charge in [0.15, 0.2) is 0 Å². The number of ether oxygens (including phenoxy) is 1. The van der Waals surface area contributed by atoms with Crippen molar-refractivity contribution in [3.63, 3.8) is 0 Å². The number of methoxy groups -OCH3 is 1. The van der Waals surface area contributed by atoms with Crippen molar-refractivity contribution in [2.24, 2.45) is 0 Å². The first-order valence-corrected chi connectivity index (χ1v) is 5.23. The monoisotopic (exact) mass is 221 g/mol. The maximum atomic E-state index is 11.2. The molecule has 4 nitrogen and oxygen atoms in total. The Labute approximate surface area is 94.4 Å². The number of fused-ring (bicyclic) bond motifs is 1. The van der Waals surface area contributed by atoms with E-state index in [0.29, 0.717) is 5.75 Å². The highest BCUT2D eigenvalue weighted by atomic mass is 16.5. The van der Waals surface area contributed by atoms with Gasteiger partial charge < -0.3 is 9.84 Å². The van der Waals surface area contributed by atoms with Crippen molar-refractivity contribution in [2.45, 2.75) is 12.5 Å². The van der Waals surface area contributed by atoms with Crippen molar-refractivity contribution in [3.05, 3.63) is 29.3 Å². The Balaban J connectivity index is 2.48. The van der Waals surface area contributed by atoms with Crippen molar-refractivity contribution in [1.82, 2.24) is 4.90 Å². The van der Waals surface area contributed by atoms with E-state index in [4.69, 9.17) is 4.74 Å². The fourth-order valence-corrected chi connectivity index (χ4v) is 2.17. The van der Waals surface area contributed by atoms with Gasteiger partial charge in [0.1, 0.15) is 11.8 Å². The van der Waals surface area contributed by atoms with Gasteiger partial charge in [-0.3, -0.25) is 9.69 Å². The molecule has 1 aromatic rings. The van der Waals surface area contributed by atoms with E-state index in [9.17, 15) is 9.90 Å². The highest BCUT2D eigenvalue weighted by Gasteiger charge is 2.30. The Morgan fingerprint density at radius 3 is 2.94 bits per heavy atom. The lowest BCUT2D eigenvalue weighted by Gasteiger charge is -2.31. The molecule has 1 heterocycles. The molecule has 4 heteroatoms. The van der Waals surface area contributed by atoms with E-state index in [0.717, 1.165) is 24.1 Å². The Morgan fingerprint density at radius 1 is 1.56 bits per heavy atom. The Bertz CT molecular complexity index is 417. The number of likely N-dealkylation sites (N-methyl/N-ethyl adjacent to an activating group) is 1. The minimum absolute atomic E-state index is 0.557. The van der Waals surface area contributed by atoms with Crippen LogP contribution in [0.4, 0.5) is 0 Å². The molecule has 1 unspecified atom stereocenters. The third-order valence-corrected chi connectivity index (χ3v) is 3.06. The maximum absolute atomic E-state index is 11.2. The molecule has 0 aliphatic carbocycles. The van der Waals surface area contributed by atoms with Gasteiger partial charge in [0.05, 0.1) is 7.11 Å². The second-order valence-corrected chi connectivity index (χ2v) is 4.04. The number of hydrogen-bond acceptors (Lipinski definition) is 3. The van der Waals surface area contributed by atoms with E-state index in [1.807, 2.05) is 30.1 Å². The standard InChI is InChI=1S/C12H15NO3/c1-13-6-5-8-3-4-9(16-2)7-10(8)11(13)12(14)15/h3-4,7,11H,5-6H2,1-2H3,(H,14,15). The molecule has 0 saturated heterocycles. The number of rotatable bonds is 2. The van der Waals surface area contributed by atoms with E-state index >= 15 is 0 Å². The van der Waals surface area contributed by atoms with Crippen LogP contribution < -0.4 is 4.74 Å². The maximum Gasteiger partial charge on any atom is 0.325 e. The van der Waals surface area contributed by atoms with Crippen LogP contribution in [0.25, 0.3) is 0 Å². The Hall–Kier alpha value is -1.55. The molecule has 16 heavy (non-hydrogen) atoms. The third kappa shape index (κ3) is 1.76. The molecule has 86 valence electrons. The molecule has 1 aliphatic rings. The van der Waals surface area contributed by atoms with Crippen molar-refractivity contribution >= 4 is 5.97 Å². The summed E-state index contributed by atoms with van der Waals surface area (Å²) in [4.78, 5) is 13.1. The summed E-state index contributed by atoms with van der Waals surface area (Å²) < 4.78 is 5.13. The van der Waals surface area contributed by atoms with E-state index < -0.39 is 12.0 Å². The van der Waals surface area contributed by atoms with Crippen LogP contribution >= 0.6 is 0 Å². The van der Waals surface area contributed by atoms with Gasteiger partial charge in [-0.25, -0.2) is 0 Å². The van der Waals surface area contributed by atoms with Gasteiger partial charge in [-0.05, 0) is 36.7 Å². The average Bonchev–Trinajstić information content (AvgIpc) is 2.27. The minimum atomic E-state index is -0.809. The number of nitrogens with zero attached hydrogens (tertiary/aromatic N) is 1. The number of carboxylic acid groups (broad SMARTS) is 1. The van der Waals surface area contributed by atoms with Crippen LogP contribution in [0.3, 0.4) is 0 Å². The van der Waals surface area contributed by atoms with Crippen LogP contribution in [-0.2, 0) is 11.2 Å². The second kappa shape index (κ2) is 4.14. The van der Waals surface area contributed by atoms with Crippen molar-refractivity contribution in [2.75, 3.05) is 20.7 Å². The zero-order valence-corrected chi connectivity index (χ0v) is 9.43. The van der Waals surface area contributed by atoms with E-state index in [1.165, 1.54) is 0 Å². The predicted octanol–water partition coefficient (Wildman–Crippen LogP) is 1.31. The molecule has 1 N–H and O–H groups in total. The normalized spacial score (nSPS) is 20.2. The van der Waals surface area contributed by atoms with E-state index in [1.54, 1.807) is 7.11 Å². The summed E-state index contributed by atoms with van der Waals surface area (Å²) in [6, 6.07) is 5.10. The predicted molar refractivity (Wildman–Crippen MR) is 59.7 cm³/mol. The lowest BCUT2D eigenvalue weighted by atomic mass is 9.93. The van der Waals surface area contributed by atoms with Gasteiger partial charge in [0.25, 0.3) is 0 Å². The lowest BCUT2D eigenvalue weighted by molar-refractivity contribution is -0.143. The van der Waals surface area contributed by atoms with Crippen molar-refractivity contribution in [3.8, 4) is 5.75 Å². The summed E-state index contributed by atoms with van der Waals surface area (Å²) in [6.07, 6.45) is 0.888. The third-order valence-electron chi connectivity index (χ3n) is 3.06. The Morgan fingerprint density at radius 2 is 2.31 bits per heavy atom. The van der Waals surface area contributed by atoms with Crippen LogP contribution in [0.15, 0.2) is 18.2 Å². The zero-order valence-electron chi connectivity index (χ0n) is 9.43. The highest BCUT2D eigenvalue weighted by molar-refractivity contribution is 5.76. The first-order valence-electron chi connectivity index (χ1n) is 5.23. The molecule has 2 rings (SSSR count). The minimum Gasteiger partial charge on any atom is -0.497 e. The summed E-state index contributed by atoms with van der Waals surface area (Å²) in [7, 11) is 3.42. The molecule has 1 atom stereocenters. The molecular formula is C12H15NO3. The molecule has 1 aromatic carbocycles. The van der Waals surface area contributed by atoms with Crippen LogP contribution in [0, 0.1) is 0 Å². The number of carbonyl (C=O) groups is 1. The van der Waals surface area contributed by atoms with Gasteiger partial charge in [0, 0.05) is 6.54 Å². The van der Waals surface area contributed by atoms with Crippen LogP contribution in [0.1, 0.15) is 17.2 Å². The van der Waals surface area contributed by atoms with Crippen molar-refractivity contribution < 1.29 is 14.6 Å². The fourth-order valence-electron chi connectivity index (χ4n) is 2.17. The van der Waals surface area contributed by atoms with Crippen LogP contribution in [0.5, 0.6) is 5.75 Å². The zero-order chi connectivity index (χ0) is 11.7. The van der Waals surface area contributed by atoms with Crippen molar-refractivity contribution in [1.29, 1.82) is 0 Å². The summed E-state index contributed by atoms with van der Waals surface area (Å²) in [5.41, 5.74) is 1.95. The fraction of sp³-hybridized carbons (Fsp3) is 0.417. The summed E-state index contributed by atoms with van der Waals surface area (Å²) in [5, 5.41) is 9.24. The molecule has 1 aliphatic heterocycles.